The molecule has 4 bridgehead atoms. The molecule has 4 atom stereocenters. The van der Waals surface area contributed by atoms with Crippen molar-refractivity contribution in [1.82, 2.24) is 5.32 Å². The Balaban J connectivity index is 1.36. The van der Waals surface area contributed by atoms with Gasteiger partial charge in [0.2, 0.25) is 11.8 Å². The fourth-order valence-electron chi connectivity index (χ4n) is 5.61. The molecule has 0 saturated heterocycles. The summed E-state index contributed by atoms with van der Waals surface area (Å²) in [5, 5.41) is 5.70. The molecule has 4 aliphatic carbocycles. The first kappa shape index (κ1) is 16.9. The monoisotopic (exact) mass is 360 g/mol. The third kappa shape index (κ3) is 3.29. The van der Waals surface area contributed by atoms with E-state index in [1.165, 1.54) is 6.42 Å². The molecule has 4 aliphatic rings. The first-order valence-corrected chi connectivity index (χ1v) is 9.57. The number of rotatable bonds is 4. The standard InChI is InChI=1S/C20H25ClN2O2/c1-13-2-4-16(5-3-13)23-17(24)11-22-18(25)19-7-14-6-15(8-19)10-20(21,9-14)12-19/h2-5,14-15H,6-12H2,1H3,(H,22,25)(H,23,24)/t14-,15+,19?,20?. The predicted octanol–water partition coefficient (Wildman–Crippen LogP) is 3.63. The average molecular weight is 361 g/mol. The molecule has 0 spiro atoms. The number of aryl methyl sites for hydroxylation is 1. The van der Waals surface area contributed by atoms with Gasteiger partial charge in [-0.1, -0.05) is 17.7 Å². The van der Waals surface area contributed by atoms with Crippen LogP contribution in [0.3, 0.4) is 0 Å². The van der Waals surface area contributed by atoms with Crippen molar-refractivity contribution in [3.63, 3.8) is 0 Å². The summed E-state index contributed by atoms with van der Waals surface area (Å²) < 4.78 is 0. The van der Waals surface area contributed by atoms with Crippen molar-refractivity contribution in [2.24, 2.45) is 17.3 Å². The highest BCUT2D eigenvalue weighted by Gasteiger charge is 2.59. The molecule has 5 rings (SSSR count). The van der Waals surface area contributed by atoms with Crippen LogP contribution in [0.2, 0.25) is 0 Å². The van der Waals surface area contributed by atoms with Crippen LogP contribution in [0.5, 0.6) is 0 Å². The van der Waals surface area contributed by atoms with E-state index in [1.54, 1.807) is 0 Å². The van der Waals surface area contributed by atoms with Crippen LogP contribution in [0.4, 0.5) is 5.69 Å². The van der Waals surface area contributed by atoms with Crippen LogP contribution in [-0.4, -0.2) is 23.2 Å². The number of hydrogen-bond donors (Lipinski definition) is 2. The van der Waals surface area contributed by atoms with Gasteiger partial charge < -0.3 is 10.6 Å². The molecule has 4 fully saturated rings. The van der Waals surface area contributed by atoms with Crippen molar-refractivity contribution in [3.05, 3.63) is 29.8 Å². The molecule has 2 amide bonds. The lowest BCUT2D eigenvalue weighted by molar-refractivity contribution is -0.145. The Morgan fingerprint density at radius 1 is 1.12 bits per heavy atom. The topological polar surface area (TPSA) is 58.2 Å². The number of carbonyl (C=O) groups is 2. The van der Waals surface area contributed by atoms with E-state index >= 15 is 0 Å². The molecule has 25 heavy (non-hydrogen) atoms. The van der Waals surface area contributed by atoms with Crippen molar-refractivity contribution in [1.29, 1.82) is 0 Å². The first-order chi connectivity index (χ1) is 11.9. The number of anilines is 1. The quantitative estimate of drug-likeness (QED) is 0.805. The Morgan fingerprint density at radius 2 is 1.76 bits per heavy atom. The number of hydrogen-bond acceptors (Lipinski definition) is 2. The van der Waals surface area contributed by atoms with Gasteiger partial charge >= 0.3 is 0 Å². The van der Waals surface area contributed by atoms with Gasteiger partial charge in [-0.2, -0.15) is 0 Å². The average Bonchev–Trinajstić information content (AvgIpc) is 2.52. The number of halogens is 1. The Hall–Kier alpha value is -1.55. The molecule has 134 valence electrons. The summed E-state index contributed by atoms with van der Waals surface area (Å²) in [7, 11) is 0. The highest BCUT2D eigenvalue weighted by Crippen LogP contribution is 2.63. The van der Waals surface area contributed by atoms with Gasteiger partial charge in [0.1, 0.15) is 0 Å². The fraction of sp³-hybridized carbons (Fsp3) is 0.600. The smallest absolute Gasteiger partial charge is 0.243 e. The highest BCUT2D eigenvalue weighted by molar-refractivity contribution is 6.24. The van der Waals surface area contributed by atoms with Crippen LogP contribution < -0.4 is 10.6 Å². The third-order valence-corrected chi connectivity index (χ3v) is 6.66. The SMILES string of the molecule is Cc1ccc(NC(=O)CNC(=O)C23C[C@@H]4C[C@@H](CC(Cl)(C4)C2)C3)cc1. The van der Waals surface area contributed by atoms with E-state index in [-0.39, 0.29) is 28.6 Å². The van der Waals surface area contributed by atoms with Crippen LogP contribution in [0.15, 0.2) is 24.3 Å². The molecule has 1 aromatic rings. The van der Waals surface area contributed by atoms with E-state index in [2.05, 4.69) is 10.6 Å². The molecule has 0 aromatic heterocycles. The second kappa shape index (κ2) is 6.01. The molecular weight excluding hydrogens is 336 g/mol. The Bertz CT molecular complexity index is 686. The van der Waals surface area contributed by atoms with Crippen LogP contribution in [0, 0.1) is 24.2 Å². The van der Waals surface area contributed by atoms with E-state index in [0.29, 0.717) is 11.8 Å². The molecule has 0 aliphatic heterocycles. The van der Waals surface area contributed by atoms with Crippen molar-refractivity contribution in [2.45, 2.75) is 50.3 Å². The van der Waals surface area contributed by atoms with Gasteiger partial charge in [0.15, 0.2) is 0 Å². The largest absolute Gasteiger partial charge is 0.347 e. The van der Waals surface area contributed by atoms with Crippen molar-refractivity contribution < 1.29 is 9.59 Å². The van der Waals surface area contributed by atoms with Gasteiger partial charge in [0.25, 0.3) is 0 Å². The first-order valence-electron chi connectivity index (χ1n) is 9.20. The lowest BCUT2D eigenvalue weighted by atomic mass is 9.49. The lowest BCUT2D eigenvalue weighted by Crippen LogP contribution is -2.58. The summed E-state index contributed by atoms with van der Waals surface area (Å²) in [5.41, 5.74) is 1.54. The Morgan fingerprint density at radius 3 is 2.36 bits per heavy atom. The van der Waals surface area contributed by atoms with Crippen LogP contribution in [-0.2, 0) is 9.59 Å². The molecule has 5 heteroatoms. The zero-order chi connectivity index (χ0) is 17.7. The van der Waals surface area contributed by atoms with Crippen LogP contribution in [0.1, 0.15) is 44.1 Å². The number of alkyl halides is 1. The molecular formula is C20H25ClN2O2. The lowest BCUT2D eigenvalue weighted by Gasteiger charge is -2.59. The van der Waals surface area contributed by atoms with Crippen molar-refractivity contribution >= 4 is 29.1 Å². The zero-order valence-electron chi connectivity index (χ0n) is 14.6. The molecule has 2 N–H and O–H groups in total. The fourth-order valence-corrected chi connectivity index (χ4v) is 6.30. The normalized spacial score (nSPS) is 35.4. The van der Waals surface area contributed by atoms with Gasteiger partial charge in [0.05, 0.1) is 12.0 Å². The van der Waals surface area contributed by atoms with Gasteiger partial charge in [-0.15, -0.1) is 11.6 Å². The molecule has 0 heterocycles. The number of benzene rings is 1. The molecule has 1 aromatic carbocycles. The number of amides is 2. The second-order valence-electron chi connectivity index (χ2n) is 8.49. The minimum atomic E-state index is -0.351. The van der Waals surface area contributed by atoms with Crippen LogP contribution >= 0.6 is 11.6 Å². The van der Waals surface area contributed by atoms with Gasteiger partial charge in [-0.05, 0) is 69.4 Å². The van der Waals surface area contributed by atoms with Crippen LogP contribution in [0.25, 0.3) is 0 Å². The Labute approximate surface area is 153 Å². The molecule has 4 nitrogen and oxygen atoms in total. The number of carbonyl (C=O) groups excluding carboxylic acids is 2. The van der Waals surface area contributed by atoms with E-state index in [4.69, 9.17) is 11.6 Å². The van der Waals surface area contributed by atoms with Crippen molar-refractivity contribution in [2.75, 3.05) is 11.9 Å². The predicted molar refractivity (Wildman–Crippen MR) is 98.5 cm³/mol. The van der Waals surface area contributed by atoms with E-state index in [1.807, 2.05) is 31.2 Å². The third-order valence-electron chi connectivity index (χ3n) is 6.22. The molecule has 0 radical (unpaired) electrons. The molecule has 4 saturated carbocycles. The maximum Gasteiger partial charge on any atom is 0.243 e. The van der Waals surface area contributed by atoms with Gasteiger partial charge in [-0.25, -0.2) is 0 Å². The maximum atomic E-state index is 12.9. The van der Waals surface area contributed by atoms with Crippen molar-refractivity contribution in [3.8, 4) is 0 Å². The van der Waals surface area contributed by atoms with Gasteiger partial charge in [-0.3, -0.25) is 9.59 Å². The van der Waals surface area contributed by atoms with E-state index < -0.39 is 0 Å². The summed E-state index contributed by atoms with van der Waals surface area (Å²) in [6.45, 7) is 2.01. The summed E-state index contributed by atoms with van der Waals surface area (Å²) in [5.74, 6) is 0.977. The summed E-state index contributed by atoms with van der Waals surface area (Å²) in [4.78, 5) is 24.8. The van der Waals surface area contributed by atoms with E-state index in [0.717, 1.165) is 43.4 Å². The minimum Gasteiger partial charge on any atom is -0.347 e. The minimum absolute atomic E-state index is 0.0130. The highest BCUT2D eigenvalue weighted by atomic mass is 35.5. The van der Waals surface area contributed by atoms with E-state index in [9.17, 15) is 9.59 Å². The summed E-state index contributed by atoms with van der Waals surface area (Å²) >= 11 is 6.79. The summed E-state index contributed by atoms with van der Waals surface area (Å²) in [6, 6.07) is 7.63. The Kier molecular flexibility index (Phi) is 4.06. The summed E-state index contributed by atoms with van der Waals surface area (Å²) in [6.07, 6.45) is 5.95. The number of nitrogens with one attached hydrogen (secondary N) is 2. The maximum absolute atomic E-state index is 12.9. The second-order valence-corrected chi connectivity index (χ2v) is 9.29. The molecule has 2 unspecified atom stereocenters. The van der Waals surface area contributed by atoms with Gasteiger partial charge in [0, 0.05) is 10.6 Å². The zero-order valence-corrected chi connectivity index (χ0v) is 15.4.